The number of nitrogens with zero attached hydrogens (tertiary/aromatic N) is 1. The molecule has 6 heteroatoms. The van der Waals surface area contributed by atoms with Gasteiger partial charge in [-0.2, -0.15) is 0 Å². The van der Waals surface area contributed by atoms with Gasteiger partial charge in [-0.05, 0) is 48.0 Å². The van der Waals surface area contributed by atoms with E-state index in [1.54, 1.807) is 13.2 Å². The Balaban J connectivity index is 1.72. The third-order valence-corrected chi connectivity index (χ3v) is 5.35. The largest absolute Gasteiger partial charge is 0.497 e. The van der Waals surface area contributed by atoms with Crippen molar-refractivity contribution in [3.63, 3.8) is 0 Å². The number of methoxy groups -OCH3 is 1. The van der Waals surface area contributed by atoms with E-state index in [1.165, 1.54) is 29.5 Å². The summed E-state index contributed by atoms with van der Waals surface area (Å²) in [6, 6.07) is 23.0. The zero-order valence-corrected chi connectivity index (χ0v) is 16.4. The van der Waals surface area contributed by atoms with Crippen LogP contribution in [0.1, 0.15) is 10.4 Å². The summed E-state index contributed by atoms with van der Waals surface area (Å²) in [5.41, 5.74) is 2.92. The number of halogens is 1. The minimum absolute atomic E-state index is 0.243. The molecule has 0 fully saturated rings. The smallest absolute Gasteiger partial charge is 0.257 e. The van der Waals surface area contributed by atoms with E-state index in [1.807, 2.05) is 54.6 Å². The Kier molecular flexibility index (Phi) is 5.35. The van der Waals surface area contributed by atoms with E-state index in [-0.39, 0.29) is 5.56 Å². The van der Waals surface area contributed by atoms with Crippen LogP contribution in [0.15, 0.2) is 78.9 Å². The van der Waals surface area contributed by atoms with Crippen LogP contribution in [0.5, 0.6) is 5.75 Å². The van der Waals surface area contributed by atoms with Crippen molar-refractivity contribution in [2.45, 2.75) is 0 Å². The van der Waals surface area contributed by atoms with E-state index in [9.17, 15) is 9.18 Å². The Bertz CT molecular complexity index is 1140. The molecule has 1 heterocycles. The fraction of sp³-hybridized carbons (Fsp3) is 0.0435. The number of carbonyl (C=O) groups excluding carboxylic acids is 1. The van der Waals surface area contributed by atoms with Gasteiger partial charge in [0.2, 0.25) is 0 Å². The lowest BCUT2D eigenvalue weighted by atomic mass is 10.1. The van der Waals surface area contributed by atoms with Crippen LogP contribution in [0.4, 0.5) is 9.52 Å². The molecular formula is C23H17FN2O2S. The van der Waals surface area contributed by atoms with Gasteiger partial charge in [-0.3, -0.25) is 10.1 Å². The van der Waals surface area contributed by atoms with Crippen LogP contribution in [0.2, 0.25) is 0 Å². The van der Waals surface area contributed by atoms with Crippen LogP contribution in [-0.2, 0) is 0 Å². The molecule has 4 aromatic rings. The summed E-state index contributed by atoms with van der Waals surface area (Å²) in [4.78, 5) is 18.1. The lowest BCUT2D eigenvalue weighted by Crippen LogP contribution is -2.11. The summed E-state index contributed by atoms with van der Waals surface area (Å²) in [7, 11) is 1.62. The zero-order chi connectivity index (χ0) is 20.2. The number of aromatic nitrogens is 1. The molecule has 4 nitrogen and oxygen atoms in total. The van der Waals surface area contributed by atoms with E-state index < -0.39 is 11.7 Å². The number of ether oxygens (including phenoxy) is 1. The summed E-state index contributed by atoms with van der Waals surface area (Å²) < 4.78 is 18.7. The molecule has 1 N–H and O–H groups in total. The van der Waals surface area contributed by atoms with Crippen molar-refractivity contribution in [3.05, 3.63) is 90.2 Å². The number of thiazole rings is 1. The van der Waals surface area contributed by atoms with Crippen LogP contribution in [0.3, 0.4) is 0 Å². The van der Waals surface area contributed by atoms with Crippen molar-refractivity contribution in [1.82, 2.24) is 4.98 Å². The van der Waals surface area contributed by atoms with Gasteiger partial charge in [0, 0.05) is 11.1 Å². The van der Waals surface area contributed by atoms with Crippen molar-refractivity contribution in [2.24, 2.45) is 0 Å². The fourth-order valence-electron chi connectivity index (χ4n) is 2.90. The van der Waals surface area contributed by atoms with Gasteiger partial charge in [-0.1, -0.05) is 47.7 Å². The van der Waals surface area contributed by atoms with Gasteiger partial charge in [0.1, 0.15) is 11.6 Å². The molecule has 1 amide bonds. The summed E-state index contributed by atoms with van der Waals surface area (Å²) in [5.74, 6) is -0.107. The first-order chi connectivity index (χ1) is 14.1. The first kappa shape index (κ1) is 18.8. The standard InChI is InChI=1S/C23H17FN2O2S/c1-28-19-12-10-15(11-13-19)20-21(16-6-3-2-4-7-16)29-23(25-20)26-22(27)17-8-5-9-18(24)14-17/h2-14H,1H3,(H,25,26,27). The highest BCUT2D eigenvalue weighted by atomic mass is 32.1. The predicted molar refractivity (Wildman–Crippen MR) is 114 cm³/mol. The molecule has 29 heavy (non-hydrogen) atoms. The minimum Gasteiger partial charge on any atom is -0.497 e. The van der Waals surface area contributed by atoms with E-state index in [0.717, 1.165) is 27.4 Å². The first-order valence-corrected chi connectivity index (χ1v) is 9.73. The minimum atomic E-state index is -0.458. The number of carbonyl (C=O) groups is 1. The molecule has 3 aromatic carbocycles. The molecule has 0 unspecified atom stereocenters. The zero-order valence-electron chi connectivity index (χ0n) is 15.6. The van der Waals surface area contributed by atoms with E-state index >= 15 is 0 Å². The number of anilines is 1. The average molecular weight is 404 g/mol. The second-order valence-corrected chi connectivity index (χ2v) is 7.25. The van der Waals surface area contributed by atoms with Gasteiger partial charge in [-0.15, -0.1) is 0 Å². The Hall–Kier alpha value is -3.51. The number of benzene rings is 3. The third kappa shape index (κ3) is 4.17. The van der Waals surface area contributed by atoms with Gasteiger partial charge in [-0.25, -0.2) is 9.37 Å². The van der Waals surface area contributed by atoms with E-state index in [4.69, 9.17) is 4.74 Å². The SMILES string of the molecule is COc1ccc(-c2nc(NC(=O)c3cccc(F)c3)sc2-c2ccccc2)cc1. The quantitative estimate of drug-likeness (QED) is 0.452. The maximum atomic E-state index is 13.4. The van der Waals surface area contributed by atoms with Crippen molar-refractivity contribution >= 4 is 22.4 Å². The highest BCUT2D eigenvalue weighted by Crippen LogP contribution is 2.39. The topological polar surface area (TPSA) is 51.2 Å². The molecule has 144 valence electrons. The van der Waals surface area contributed by atoms with Crippen LogP contribution in [0.25, 0.3) is 21.7 Å². The molecule has 0 saturated carbocycles. The Labute approximate surface area is 171 Å². The fourth-order valence-corrected chi connectivity index (χ4v) is 3.89. The number of amides is 1. The molecule has 0 saturated heterocycles. The highest BCUT2D eigenvalue weighted by Gasteiger charge is 2.17. The van der Waals surface area contributed by atoms with Gasteiger partial charge in [0.05, 0.1) is 17.7 Å². The molecule has 0 aliphatic carbocycles. The number of rotatable bonds is 5. The summed E-state index contributed by atoms with van der Waals surface area (Å²) >= 11 is 1.38. The summed E-state index contributed by atoms with van der Waals surface area (Å²) in [6.45, 7) is 0. The maximum absolute atomic E-state index is 13.4. The van der Waals surface area contributed by atoms with Crippen LogP contribution in [0, 0.1) is 5.82 Å². The molecule has 0 aliphatic heterocycles. The number of hydrogen-bond acceptors (Lipinski definition) is 4. The lowest BCUT2D eigenvalue weighted by molar-refractivity contribution is 0.102. The van der Waals surface area contributed by atoms with Gasteiger partial charge in [0.15, 0.2) is 5.13 Å². The second-order valence-electron chi connectivity index (χ2n) is 6.26. The number of nitrogens with one attached hydrogen (secondary N) is 1. The van der Waals surface area contributed by atoms with Crippen molar-refractivity contribution in [3.8, 4) is 27.4 Å². The van der Waals surface area contributed by atoms with Crippen LogP contribution >= 0.6 is 11.3 Å². The molecule has 0 bridgehead atoms. The predicted octanol–water partition coefficient (Wildman–Crippen LogP) is 5.88. The van der Waals surface area contributed by atoms with Gasteiger partial charge in [0.25, 0.3) is 5.91 Å². The monoisotopic (exact) mass is 404 g/mol. The molecule has 4 rings (SSSR count). The van der Waals surface area contributed by atoms with E-state index in [2.05, 4.69) is 10.3 Å². The van der Waals surface area contributed by atoms with Gasteiger partial charge >= 0.3 is 0 Å². The van der Waals surface area contributed by atoms with Gasteiger partial charge < -0.3 is 4.74 Å². The molecule has 0 atom stereocenters. The lowest BCUT2D eigenvalue weighted by Gasteiger charge is -2.04. The third-order valence-electron chi connectivity index (χ3n) is 4.33. The molecule has 0 spiro atoms. The Morgan fingerprint density at radius 1 is 0.966 bits per heavy atom. The Morgan fingerprint density at radius 3 is 2.41 bits per heavy atom. The normalized spacial score (nSPS) is 10.6. The van der Waals surface area contributed by atoms with E-state index in [0.29, 0.717) is 5.13 Å². The highest BCUT2D eigenvalue weighted by molar-refractivity contribution is 7.19. The Morgan fingerprint density at radius 2 is 1.72 bits per heavy atom. The van der Waals surface area contributed by atoms with Crippen molar-refractivity contribution in [1.29, 1.82) is 0 Å². The molecule has 0 aliphatic rings. The first-order valence-electron chi connectivity index (χ1n) is 8.91. The summed E-state index contributed by atoms with van der Waals surface area (Å²) in [6.07, 6.45) is 0. The average Bonchev–Trinajstić information content (AvgIpc) is 3.18. The molecule has 0 radical (unpaired) electrons. The molecule has 1 aromatic heterocycles. The van der Waals surface area contributed by atoms with Crippen LogP contribution in [-0.4, -0.2) is 18.0 Å². The number of hydrogen-bond donors (Lipinski definition) is 1. The second kappa shape index (κ2) is 8.24. The van der Waals surface area contributed by atoms with Crippen molar-refractivity contribution < 1.29 is 13.9 Å². The maximum Gasteiger partial charge on any atom is 0.257 e. The summed E-state index contributed by atoms with van der Waals surface area (Å²) in [5, 5.41) is 3.23. The van der Waals surface area contributed by atoms with Crippen LogP contribution < -0.4 is 10.1 Å². The molecular weight excluding hydrogens is 387 g/mol. The van der Waals surface area contributed by atoms with Crippen molar-refractivity contribution in [2.75, 3.05) is 12.4 Å².